The molecule has 12 heavy (non-hydrogen) atoms. The Kier molecular flexibility index (Phi) is 2.60. The predicted octanol–water partition coefficient (Wildman–Crippen LogP) is 0.221. The summed E-state index contributed by atoms with van der Waals surface area (Å²) in [6, 6.07) is 0. The van der Waals surface area contributed by atoms with Gasteiger partial charge >= 0.3 is 6.18 Å². The van der Waals surface area contributed by atoms with Crippen molar-refractivity contribution in [3.8, 4) is 0 Å². The molecule has 0 bridgehead atoms. The van der Waals surface area contributed by atoms with Crippen LogP contribution in [-0.2, 0) is 4.74 Å². The molecule has 0 saturated carbocycles. The van der Waals surface area contributed by atoms with Gasteiger partial charge in [0.1, 0.15) is 6.10 Å². The number of aliphatic hydroxyl groups excluding tert-OH is 2. The third-order valence-corrected chi connectivity index (χ3v) is 1.61. The predicted molar refractivity (Wildman–Crippen MR) is 31.9 cm³/mol. The lowest BCUT2D eigenvalue weighted by Gasteiger charge is -2.32. The molecule has 0 spiro atoms. The molecule has 0 aliphatic carbocycles. The minimum atomic E-state index is -4.64. The van der Waals surface area contributed by atoms with E-state index >= 15 is 0 Å². The van der Waals surface area contributed by atoms with Crippen LogP contribution in [0, 0.1) is 6.61 Å². The zero-order valence-electron chi connectivity index (χ0n) is 5.95. The fourth-order valence-electron chi connectivity index (χ4n) is 0.950. The van der Waals surface area contributed by atoms with E-state index in [0.29, 0.717) is 0 Å². The number of rotatable bonds is 0. The lowest BCUT2D eigenvalue weighted by Crippen LogP contribution is -2.50. The van der Waals surface area contributed by atoms with Gasteiger partial charge in [0, 0.05) is 6.42 Å². The molecule has 1 fully saturated rings. The van der Waals surface area contributed by atoms with Crippen molar-refractivity contribution in [2.45, 2.75) is 30.9 Å². The molecule has 0 amide bonds. The second-order valence-electron chi connectivity index (χ2n) is 2.56. The molecule has 6 heteroatoms. The lowest BCUT2D eigenvalue weighted by atomic mass is 10.0. The highest BCUT2D eigenvalue weighted by atomic mass is 19.4. The quantitative estimate of drug-likeness (QED) is 0.567. The maximum atomic E-state index is 11.9. The fourth-order valence-corrected chi connectivity index (χ4v) is 0.950. The summed E-state index contributed by atoms with van der Waals surface area (Å²) >= 11 is 0. The second kappa shape index (κ2) is 3.20. The van der Waals surface area contributed by atoms with Crippen LogP contribution in [0.2, 0.25) is 0 Å². The number of halogens is 3. The average molecular weight is 185 g/mol. The summed E-state index contributed by atoms with van der Waals surface area (Å²) in [4.78, 5) is 0. The van der Waals surface area contributed by atoms with Gasteiger partial charge in [0.2, 0.25) is 0 Å². The molecular formula is C6H8F3O3. The Morgan fingerprint density at radius 3 is 2.33 bits per heavy atom. The highest BCUT2D eigenvalue weighted by Crippen LogP contribution is 2.31. The van der Waals surface area contributed by atoms with Gasteiger partial charge in [-0.15, -0.1) is 0 Å². The van der Waals surface area contributed by atoms with Crippen LogP contribution in [0.3, 0.4) is 0 Å². The molecule has 1 radical (unpaired) electrons. The van der Waals surface area contributed by atoms with Crippen molar-refractivity contribution in [1.29, 1.82) is 0 Å². The summed E-state index contributed by atoms with van der Waals surface area (Å²) in [5.41, 5.74) is 0. The Morgan fingerprint density at radius 1 is 1.33 bits per heavy atom. The molecule has 1 saturated heterocycles. The summed E-state index contributed by atoms with van der Waals surface area (Å²) in [6.45, 7) is 0.857. The molecule has 3 atom stereocenters. The topological polar surface area (TPSA) is 49.7 Å². The van der Waals surface area contributed by atoms with Crippen molar-refractivity contribution in [2.24, 2.45) is 0 Å². The van der Waals surface area contributed by atoms with Crippen LogP contribution in [0.15, 0.2) is 0 Å². The molecule has 3 nitrogen and oxygen atoms in total. The van der Waals surface area contributed by atoms with Crippen molar-refractivity contribution in [3.63, 3.8) is 0 Å². The molecule has 2 N–H and O–H groups in total. The van der Waals surface area contributed by atoms with Crippen LogP contribution < -0.4 is 0 Å². The van der Waals surface area contributed by atoms with E-state index in [2.05, 4.69) is 4.74 Å². The van der Waals surface area contributed by atoms with Crippen LogP contribution in [0.4, 0.5) is 13.2 Å². The highest BCUT2D eigenvalue weighted by molar-refractivity contribution is 4.88. The maximum absolute atomic E-state index is 11.9. The number of ether oxygens (including phenoxy) is 1. The Labute approximate surface area is 66.8 Å². The largest absolute Gasteiger partial charge is 0.417 e. The van der Waals surface area contributed by atoms with Crippen LogP contribution in [0.1, 0.15) is 6.42 Å². The molecule has 0 aromatic heterocycles. The van der Waals surface area contributed by atoms with E-state index in [1.54, 1.807) is 0 Å². The summed E-state index contributed by atoms with van der Waals surface area (Å²) in [5, 5.41) is 17.7. The van der Waals surface area contributed by atoms with Crippen molar-refractivity contribution >= 4 is 0 Å². The Hall–Kier alpha value is -0.330. The average Bonchev–Trinajstić information content (AvgIpc) is 1.92. The van der Waals surface area contributed by atoms with Crippen molar-refractivity contribution in [1.82, 2.24) is 0 Å². The molecule has 1 aliphatic rings. The third kappa shape index (κ3) is 1.88. The summed E-state index contributed by atoms with van der Waals surface area (Å²) in [5.74, 6) is 0. The van der Waals surface area contributed by atoms with Gasteiger partial charge in [0.15, 0.2) is 6.10 Å². The minimum absolute atomic E-state index is 0.0895. The molecule has 71 valence electrons. The van der Waals surface area contributed by atoms with Crippen LogP contribution >= 0.6 is 0 Å². The summed E-state index contributed by atoms with van der Waals surface area (Å²) < 4.78 is 40.0. The highest BCUT2D eigenvalue weighted by Gasteiger charge is 2.49. The van der Waals surface area contributed by atoms with Crippen LogP contribution in [-0.4, -0.2) is 34.7 Å². The monoisotopic (exact) mass is 185 g/mol. The number of hydrogen-bond donors (Lipinski definition) is 2. The van der Waals surface area contributed by atoms with E-state index in [1.165, 1.54) is 0 Å². The normalized spacial score (nSPS) is 38.2. The van der Waals surface area contributed by atoms with Gasteiger partial charge in [-0.25, -0.2) is 0 Å². The van der Waals surface area contributed by atoms with Crippen molar-refractivity contribution in [3.05, 3.63) is 6.61 Å². The molecule has 0 aromatic rings. The van der Waals surface area contributed by atoms with Crippen LogP contribution in [0.5, 0.6) is 0 Å². The van der Waals surface area contributed by atoms with E-state index in [-0.39, 0.29) is 6.42 Å². The first kappa shape index (κ1) is 9.76. The zero-order valence-corrected chi connectivity index (χ0v) is 5.95. The first-order chi connectivity index (χ1) is 5.43. The number of alkyl halides is 3. The van der Waals surface area contributed by atoms with E-state index < -0.39 is 24.5 Å². The SMILES string of the molecule is O[C@@H]1[C@H](C(F)(F)F)O[CH]C[C@@H]1O. The van der Waals surface area contributed by atoms with Gasteiger partial charge in [0.25, 0.3) is 0 Å². The lowest BCUT2D eigenvalue weighted by molar-refractivity contribution is -0.262. The number of hydrogen-bond acceptors (Lipinski definition) is 3. The first-order valence-corrected chi connectivity index (χ1v) is 3.33. The Morgan fingerprint density at radius 2 is 1.92 bits per heavy atom. The number of aliphatic hydroxyl groups is 2. The molecule has 0 aromatic carbocycles. The zero-order chi connectivity index (χ0) is 9.35. The van der Waals surface area contributed by atoms with Gasteiger partial charge in [-0.3, -0.25) is 0 Å². The van der Waals surface area contributed by atoms with Crippen LogP contribution in [0.25, 0.3) is 0 Å². The van der Waals surface area contributed by atoms with Gasteiger partial charge in [0.05, 0.1) is 12.7 Å². The third-order valence-electron chi connectivity index (χ3n) is 1.61. The molecule has 1 heterocycles. The minimum Gasteiger partial charge on any atom is -0.390 e. The van der Waals surface area contributed by atoms with Gasteiger partial charge in [-0.05, 0) is 0 Å². The maximum Gasteiger partial charge on any atom is 0.417 e. The molecular weight excluding hydrogens is 177 g/mol. The van der Waals surface area contributed by atoms with Gasteiger partial charge in [-0.1, -0.05) is 0 Å². The Balaban J connectivity index is 2.64. The molecule has 1 aliphatic heterocycles. The molecule has 1 rings (SSSR count). The van der Waals surface area contributed by atoms with Gasteiger partial charge in [-0.2, -0.15) is 13.2 Å². The first-order valence-electron chi connectivity index (χ1n) is 3.33. The van der Waals surface area contributed by atoms with E-state index in [4.69, 9.17) is 10.2 Å². The van der Waals surface area contributed by atoms with Crippen molar-refractivity contribution in [2.75, 3.05) is 0 Å². The van der Waals surface area contributed by atoms with E-state index in [1.807, 2.05) is 0 Å². The van der Waals surface area contributed by atoms with E-state index in [0.717, 1.165) is 6.61 Å². The van der Waals surface area contributed by atoms with Crippen molar-refractivity contribution < 1.29 is 28.1 Å². The standard InChI is InChI=1S/C6H8F3O3/c7-6(8,9)5-4(11)3(10)1-2-12-5/h2-5,10-11H,1H2/t3-,4-,5+/m0/s1. The second-order valence-corrected chi connectivity index (χ2v) is 2.56. The van der Waals surface area contributed by atoms with Gasteiger partial charge < -0.3 is 14.9 Å². The summed E-state index contributed by atoms with van der Waals surface area (Å²) in [7, 11) is 0. The Bertz CT molecular complexity index is 159. The summed E-state index contributed by atoms with van der Waals surface area (Å²) in [6.07, 6.45) is -10.3. The fraction of sp³-hybridized carbons (Fsp3) is 0.833. The van der Waals surface area contributed by atoms with E-state index in [9.17, 15) is 13.2 Å². The smallest absolute Gasteiger partial charge is 0.390 e. The molecule has 0 unspecified atom stereocenters.